The minimum Gasteiger partial charge on any atom is -0.497 e. The minimum atomic E-state index is 0.364. The molecule has 0 radical (unpaired) electrons. The highest BCUT2D eigenvalue weighted by Gasteiger charge is 2.09. The van der Waals surface area contributed by atoms with Crippen LogP contribution >= 0.6 is 22.9 Å². The molecule has 0 atom stereocenters. The summed E-state index contributed by atoms with van der Waals surface area (Å²) in [7, 11) is 1.62. The molecule has 1 aromatic heterocycles. The first-order valence-electron chi connectivity index (χ1n) is 4.90. The lowest BCUT2D eigenvalue weighted by atomic mass is 10.3. The molecule has 2 rings (SSSR count). The van der Waals surface area contributed by atoms with E-state index < -0.39 is 0 Å². The average Bonchev–Trinajstić information content (AvgIpc) is 2.70. The molecule has 0 saturated carbocycles. The van der Waals surface area contributed by atoms with E-state index in [-0.39, 0.29) is 0 Å². The lowest BCUT2D eigenvalue weighted by Crippen LogP contribution is -1.92. The Morgan fingerprint density at radius 3 is 2.47 bits per heavy atom. The molecule has 0 spiro atoms. The average molecular weight is 271 g/mol. The van der Waals surface area contributed by atoms with Gasteiger partial charge in [-0.2, -0.15) is 4.98 Å². The molecule has 4 nitrogen and oxygen atoms in total. The third kappa shape index (κ3) is 2.88. The summed E-state index contributed by atoms with van der Waals surface area (Å²) in [5.41, 5.74) is 5.51. The molecule has 0 amide bonds. The quantitative estimate of drug-likeness (QED) is 0.928. The van der Waals surface area contributed by atoms with E-state index in [0.717, 1.165) is 10.6 Å². The number of nitrogens with zero attached hydrogens (tertiary/aromatic N) is 1. The van der Waals surface area contributed by atoms with Gasteiger partial charge in [-0.15, -0.1) is 0 Å². The van der Waals surface area contributed by atoms with Crippen LogP contribution in [0.2, 0.25) is 5.15 Å². The van der Waals surface area contributed by atoms with E-state index >= 15 is 0 Å². The molecule has 0 aliphatic carbocycles. The molecular weight excluding hydrogens is 260 g/mol. The number of rotatable bonds is 4. The number of hydrogen-bond acceptors (Lipinski definition) is 5. The smallest absolute Gasteiger partial charge is 0.280 e. The van der Waals surface area contributed by atoms with E-state index in [0.29, 0.717) is 22.6 Å². The standard InChI is InChI=1S/C11H11ClN2O2S/c1-15-7-2-4-8(5-3-7)16-11-14-10(12)9(6-13)17-11/h2-5H,6,13H2,1H3. The molecule has 0 aliphatic heterocycles. The Kier molecular flexibility index (Phi) is 3.83. The van der Waals surface area contributed by atoms with Crippen molar-refractivity contribution in [2.75, 3.05) is 7.11 Å². The van der Waals surface area contributed by atoms with E-state index in [1.54, 1.807) is 19.2 Å². The van der Waals surface area contributed by atoms with Crippen LogP contribution in [-0.4, -0.2) is 12.1 Å². The number of nitrogens with two attached hydrogens (primary N) is 1. The second kappa shape index (κ2) is 5.35. The van der Waals surface area contributed by atoms with Crippen molar-refractivity contribution in [1.29, 1.82) is 0 Å². The number of halogens is 1. The number of hydrogen-bond donors (Lipinski definition) is 1. The van der Waals surface area contributed by atoms with Crippen LogP contribution in [0.4, 0.5) is 0 Å². The lowest BCUT2D eigenvalue weighted by molar-refractivity contribution is 0.412. The molecule has 1 aromatic carbocycles. The summed E-state index contributed by atoms with van der Waals surface area (Å²) < 4.78 is 10.6. The van der Waals surface area contributed by atoms with Crippen molar-refractivity contribution >= 4 is 22.9 Å². The van der Waals surface area contributed by atoms with Crippen LogP contribution in [0.5, 0.6) is 16.7 Å². The maximum atomic E-state index is 5.88. The summed E-state index contributed by atoms with van der Waals surface area (Å²) in [5, 5.41) is 0.890. The molecule has 0 unspecified atom stereocenters. The fourth-order valence-electron chi connectivity index (χ4n) is 1.23. The van der Waals surface area contributed by atoms with Crippen molar-refractivity contribution in [1.82, 2.24) is 4.98 Å². The Balaban J connectivity index is 2.13. The highest BCUT2D eigenvalue weighted by atomic mass is 35.5. The van der Waals surface area contributed by atoms with Crippen molar-refractivity contribution in [3.63, 3.8) is 0 Å². The molecule has 6 heteroatoms. The molecule has 0 aliphatic rings. The number of ether oxygens (including phenoxy) is 2. The fraction of sp³-hybridized carbons (Fsp3) is 0.182. The number of thiazole rings is 1. The summed E-state index contributed by atoms with van der Waals surface area (Å²) in [6.07, 6.45) is 0. The van der Waals surface area contributed by atoms with Crippen molar-refractivity contribution in [2.45, 2.75) is 6.54 Å². The molecule has 0 fully saturated rings. The Morgan fingerprint density at radius 2 is 1.94 bits per heavy atom. The largest absolute Gasteiger partial charge is 0.497 e. The molecular formula is C11H11ClN2O2S. The van der Waals surface area contributed by atoms with Crippen LogP contribution in [0.15, 0.2) is 24.3 Å². The first kappa shape index (κ1) is 12.2. The van der Waals surface area contributed by atoms with Gasteiger partial charge in [-0.1, -0.05) is 22.9 Å². The van der Waals surface area contributed by atoms with Crippen LogP contribution in [0.1, 0.15) is 4.88 Å². The van der Waals surface area contributed by atoms with E-state index in [1.165, 1.54) is 11.3 Å². The van der Waals surface area contributed by atoms with Crippen molar-refractivity contribution in [3.8, 4) is 16.7 Å². The van der Waals surface area contributed by atoms with E-state index in [2.05, 4.69) is 4.98 Å². The van der Waals surface area contributed by atoms with Gasteiger partial charge in [0, 0.05) is 6.54 Å². The highest BCUT2D eigenvalue weighted by Crippen LogP contribution is 2.32. The maximum absolute atomic E-state index is 5.88. The summed E-state index contributed by atoms with van der Waals surface area (Å²) in [5.74, 6) is 1.46. The van der Waals surface area contributed by atoms with E-state index in [1.807, 2.05) is 12.1 Å². The molecule has 1 heterocycles. The third-order valence-electron chi connectivity index (χ3n) is 2.08. The number of aromatic nitrogens is 1. The van der Waals surface area contributed by atoms with E-state index in [4.69, 9.17) is 26.8 Å². The normalized spacial score (nSPS) is 10.3. The van der Waals surface area contributed by atoms with Crippen LogP contribution < -0.4 is 15.2 Å². The zero-order valence-electron chi connectivity index (χ0n) is 9.14. The first-order valence-corrected chi connectivity index (χ1v) is 6.09. The van der Waals surface area contributed by atoms with Gasteiger partial charge in [0.25, 0.3) is 5.19 Å². The predicted octanol–water partition coefficient (Wildman–Crippen LogP) is 3.06. The second-order valence-corrected chi connectivity index (χ2v) is 4.58. The molecule has 2 N–H and O–H groups in total. The lowest BCUT2D eigenvalue weighted by Gasteiger charge is -2.02. The van der Waals surface area contributed by atoms with Gasteiger partial charge in [0.05, 0.1) is 12.0 Å². The first-order chi connectivity index (χ1) is 8.22. The topological polar surface area (TPSA) is 57.4 Å². The van der Waals surface area contributed by atoms with Gasteiger partial charge in [-0.05, 0) is 24.3 Å². The van der Waals surface area contributed by atoms with Crippen molar-refractivity contribution < 1.29 is 9.47 Å². The van der Waals surface area contributed by atoms with Gasteiger partial charge in [0.2, 0.25) is 0 Å². The highest BCUT2D eigenvalue weighted by molar-refractivity contribution is 7.14. The van der Waals surface area contributed by atoms with Gasteiger partial charge >= 0.3 is 0 Å². The summed E-state index contributed by atoms with van der Waals surface area (Å²) in [6, 6.07) is 7.23. The SMILES string of the molecule is COc1ccc(Oc2nc(Cl)c(CN)s2)cc1. The van der Waals surface area contributed by atoms with Crippen LogP contribution in [-0.2, 0) is 6.54 Å². The Morgan fingerprint density at radius 1 is 1.29 bits per heavy atom. The van der Waals surface area contributed by atoms with Crippen LogP contribution in [0.3, 0.4) is 0 Å². The monoisotopic (exact) mass is 270 g/mol. The van der Waals surface area contributed by atoms with Crippen molar-refractivity contribution in [3.05, 3.63) is 34.3 Å². The van der Waals surface area contributed by atoms with Gasteiger partial charge in [0.1, 0.15) is 16.7 Å². The van der Waals surface area contributed by atoms with E-state index in [9.17, 15) is 0 Å². The Labute approximate surface area is 108 Å². The number of benzene rings is 1. The molecule has 2 aromatic rings. The van der Waals surface area contributed by atoms with Gasteiger partial charge in [-0.3, -0.25) is 0 Å². The predicted molar refractivity (Wildman–Crippen MR) is 68.1 cm³/mol. The third-order valence-corrected chi connectivity index (χ3v) is 3.46. The number of methoxy groups -OCH3 is 1. The summed E-state index contributed by atoms with van der Waals surface area (Å²) >= 11 is 7.22. The zero-order valence-corrected chi connectivity index (χ0v) is 10.7. The Bertz CT molecular complexity index is 499. The van der Waals surface area contributed by atoms with Gasteiger partial charge in [0.15, 0.2) is 0 Å². The van der Waals surface area contributed by atoms with Crippen LogP contribution in [0.25, 0.3) is 0 Å². The van der Waals surface area contributed by atoms with Crippen molar-refractivity contribution in [2.24, 2.45) is 5.73 Å². The summed E-state index contributed by atoms with van der Waals surface area (Å²) in [4.78, 5) is 4.88. The molecule has 0 saturated heterocycles. The minimum absolute atomic E-state index is 0.364. The van der Waals surface area contributed by atoms with Gasteiger partial charge < -0.3 is 15.2 Å². The summed E-state index contributed by atoms with van der Waals surface area (Å²) in [6.45, 7) is 0.364. The Hall–Kier alpha value is -1.30. The fourth-order valence-corrected chi connectivity index (χ4v) is 2.25. The molecule has 17 heavy (non-hydrogen) atoms. The molecule has 90 valence electrons. The second-order valence-electron chi connectivity index (χ2n) is 3.18. The maximum Gasteiger partial charge on any atom is 0.280 e. The van der Waals surface area contributed by atoms with Crippen LogP contribution in [0, 0.1) is 0 Å². The zero-order chi connectivity index (χ0) is 12.3. The van der Waals surface area contributed by atoms with Gasteiger partial charge in [-0.25, -0.2) is 0 Å². The molecule has 0 bridgehead atoms.